The third-order valence-corrected chi connectivity index (χ3v) is 6.91. The van der Waals surface area contributed by atoms with Gasteiger partial charge >= 0.3 is 0 Å². The minimum absolute atomic E-state index is 0.0155. The number of para-hydroxylation sites is 1. The van der Waals surface area contributed by atoms with Gasteiger partial charge in [-0.1, -0.05) is 25.1 Å². The highest BCUT2D eigenvalue weighted by Crippen LogP contribution is 2.33. The summed E-state index contributed by atoms with van der Waals surface area (Å²) >= 11 is 0. The number of anilines is 1. The zero-order valence-corrected chi connectivity index (χ0v) is 17.5. The van der Waals surface area contributed by atoms with Crippen LogP contribution >= 0.6 is 0 Å². The molecule has 2 amide bonds. The smallest absolute Gasteiger partial charge is 0.253 e. The number of hydrogen-bond donors (Lipinski definition) is 0. The van der Waals surface area contributed by atoms with Crippen molar-refractivity contribution in [3.63, 3.8) is 0 Å². The van der Waals surface area contributed by atoms with Crippen LogP contribution in [0.25, 0.3) is 0 Å². The lowest BCUT2D eigenvalue weighted by molar-refractivity contribution is -0.142. The quantitative estimate of drug-likeness (QED) is 0.784. The van der Waals surface area contributed by atoms with Crippen molar-refractivity contribution in [2.75, 3.05) is 50.8 Å². The maximum atomic E-state index is 13.1. The Hall–Kier alpha value is -1.92. The fraction of sp³-hybridized carbons (Fsp3) is 0.652. The van der Waals surface area contributed by atoms with E-state index in [4.69, 9.17) is 4.74 Å². The average molecular weight is 400 g/mol. The number of piperidine rings is 1. The van der Waals surface area contributed by atoms with Crippen LogP contribution in [-0.4, -0.2) is 73.1 Å². The van der Waals surface area contributed by atoms with E-state index in [2.05, 4.69) is 16.7 Å². The first-order valence-electron chi connectivity index (χ1n) is 11.1. The van der Waals surface area contributed by atoms with Gasteiger partial charge in [-0.05, 0) is 63.9 Å². The van der Waals surface area contributed by atoms with Gasteiger partial charge in [0.1, 0.15) is 6.61 Å². The fourth-order valence-corrected chi connectivity index (χ4v) is 5.00. The molecular formula is C23H33N3O3. The van der Waals surface area contributed by atoms with Crippen molar-refractivity contribution in [2.24, 2.45) is 5.92 Å². The first kappa shape index (κ1) is 20.4. The molecule has 0 aliphatic carbocycles. The Morgan fingerprint density at radius 1 is 1.10 bits per heavy atom. The van der Waals surface area contributed by atoms with E-state index in [1.54, 1.807) is 0 Å². The average Bonchev–Trinajstić information content (AvgIpc) is 2.98. The Balaban J connectivity index is 1.39. The van der Waals surface area contributed by atoms with Gasteiger partial charge < -0.3 is 19.4 Å². The number of carbonyl (C=O) groups is 2. The zero-order chi connectivity index (χ0) is 20.3. The van der Waals surface area contributed by atoms with Crippen molar-refractivity contribution < 1.29 is 14.3 Å². The van der Waals surface area contributed by atoms with Crippen molar-refractivity contribution in [3.05, 3.63) is 30.3 Å². The summed E-state index contributed by atoms with van der Waals surface area (Å²) in [5.74, 6) is 0.507. The van der Waals surface area contributed by atoms with Crippen LogP contribution in [0.3, 0.4) is 0 Å². The predicted molar refractivity (Wildman–Crippen MR) is 113 cm³/mol. The molecule has 3 aliphatic rings. The summed E-state index contributed by atoms with van der Waals surface area (Å²) in [7, 11) is 0. The number of morpholine rings is 1. The van der Waals surface area contributed by atoms with Crippen LogP contribution in [0.4, 0.5) is 5.69 Å². The Kier molecular flexibility index (Phi) is 6.20. The third kappa shape index (κ3) is 4.48. The van der Waals surface area contributed by atoms with E-state index < -0.39 is 0 Å². The number of carbonyl (C=O) groups excluding carboxylic acids is 2. The molecule has 1 aromatic carbocycles. The molecule has 1 aromatic rings. The van der Waals surface area contributed by atoms with Crippen molar-refractivity contribution >= 4 is 17.5 Å². The molecule has 4 rings (SSSR count). The largest absolute Gasteiger partial charge is 0.363 e. The van der Waals surface area contributed by atoms with Crippen LogP contribution in [0.5, 0.6) is 0 Å². The Morgan fingerprint density at radius 2 is 1.86 bits per heavy atom. The van der Waals surface area contributed by atoms with Crippen molar-refractivity contribution in [3.8, 4) is 0 Å². The second-order valence-corrected chi connectivity index (χ2v) is 8.67. The van der Waals surface area contributed by atoms with E-state index in [9.17, 15) is 9.59 Å². The second-order valence-electron chi connectivity index (χ2n) is 8.67. The van der Waals surface area contributed by atoms with Crippen LogP contribution in [-0.2, 0) is 14.3 Å². The molecule has 29 heavy (non-hydrogen) atoms. The van der Waals surface area contributed by atoms with Gasteiger partial charge in [-0.2, -0.15) is 0 Å². The molecule has 3 saturated heterocycles. The van der Waals surface area contributed by atoms with Crippen molar-refractivity contribution in [1.82, 2.24) is 9.80 Å². The predicted octanol–water partition coefficient (Wildman–Crippen LogP) is 2.53. The normalized spacial score (nSPS) is 27.3. The Morgan fingerprint density at radius 3 is 2.59 bits per heavy atom. The zero-order valence-electron chi connectivity index (χ0n) is 17.5. The number of ether oxygens (including phenoxy) is 1. The second kappa shape index (κ2) is 8.84. The Bertz CT molecular complexity index is 717. The topological polar surface area (TPSA) is 53.1 Å². The molecule has 0 aromatic heterocycles. The standard InChI is InChI=1S/C23H33N3O3/c1-2-24-14-9-19(10-15-24)22(28)25-13-6-11-23(12-16-25)18-26(21(27)17-29-23)20-7-4-3-5-8-20/h3-5,7-8,19H,2,6,9-18H2,1H3. The minimum atomic E-state index is -0.343. The van der Waals surface area contributed by atoms with Crippen LogP contribution < -0.4 is 4.90 Å². The van der Waals surface area contributed by atoms with E-state index in [1.807, 2.05) is 35.2 Å². The lowest BCUT2D eigenvalue weighted by atomic mass is 9.92. The third-order valence-electron chi connectivity index (χ3n) is 6.91. The monoisotopic (exact) mass is 399 g/mol. The van der Waals surface area contributed by atoms with Gasteiger partial charge in [0, 0.05) is 24.7 Å². The molecule has 0 saturated carbocycles. The molecule has 3 fully saturated rings. The lowest BCUT2D eigenvalue weighted by Gasteiger charge is -2.42. The summed E-state index contributed by atoms with van der Waals surface area (Å²) < 4.78 is 6.12. The summed E-state index contributed by atoms with van der Waals surface area (Å²) in [5.41, 5.74) is 0.588. The SMILES string of the molecule is CCN1CCC(C(=O)N2CCCC3(CC2)CN(c2ccccc2)C(=O)CO3)CC1. The molecule has 0 N–H and O–H groups in total. The van der Waals surface area contributed by atoms with Gasteiger partial charge in [0.05, 0.1) is 12.1 Å². The van der Waals surface area contributed by atoms with E-state index in [1.165, 1.54) is 0 Å². The first-order chi connectivity index (χ1) is 14.1. The number of hydrogen-bond acceptors (Lipinski definition) is 4. The summed E-state index contributed by atoms with van der Waals surface area (Å²) in [5, 5.41) is 0. The summed E-state index contributed by atoms with van der Waals surface area (Å²) in [6, 6.07) is 9.84. The lowest BCUT2D eigenvalue weighted by Crippen LogP contribution is -2.55. The van der Waals surface area contributed by atoms with Gasteiger partial charge in [0.25, 0.3) is 5.91 Å². The van der Waals surface area contributed by atoms with Crippen molar-refractivity contribution in [1.29, 1.82) is 0 Å². The maximum absolute atomic E-state index is 13.1. The Labute approximate surface area is 173 Å². The van der Waals surface area contributed by atoms with Crippen LogP contribution in [0, 0.1) is 5.92 Å². The van der Waals surface area contributed by atoms with E-state index in [-0.39, 0.29) is 24.0 Å². The molecule has 6 heteroatoms. The van der Waals surface area contributed by atoms with Gasteiger partial charge in [-0.25, -0.2) is 0 Å². The molecule has 1 spiro atoms. The molecule has 3 heterocycles. The molecule has 158 valence electrons. The van der Waals surface area contributed by atoms with Crippen LogP contribution in [0.2, 0.25) is 0 Å². The molecule has 0 radical (unpaired) electrons. The number of likely N-dealkylation sites (tertiary alicyclic amines) is 2. The van der Waals surface area contributed by atoms with Crippen molar-refractivity contribution in [2.45, 2.75) is 44.6 Å². The van der Waals surface area contributed by atoms with Crippen LogP contribution in [0.15, 0.2) is 30.3 Å². The van der Waals surface area contributed by atoms with Gasteiger partial charge in [0.15, 0.2) is 0 Å². The first-order valence-corrected chi connectivity index (χ1v) is 11.1. The highest BCUT2D eigenvalue weighted by Gasteiger charge is 2.42. The number of rotatable bonds is 3. The highest BCUT2D eigenvalue weighted by atomic mass is 16.5. The molecule has 0 bridgehead atoms. The highest BCUT2D eigenvalue weighted by molar-refractivity contribution is 5.95. The van der Waals surface area contributed by atoms with Gasteiger partial charge in [-0.3, -0.25) is 9.59 Å². The minimum Gasteiger partial charge on any atom is -0.363 e. The summed E-state index contributed by atoms with van der Waals surface area (Å²) in [6.45, 7) is 7.54. The molecule has 1 atom stereocenters. The summed E-state index contributed by atoms with van der Waals surface area (Å²) in [4.78, 5) is 31.9. The molecular weight excluding hydrogens is 366 g/mol. The summed E-state index contributed by atoms with van der Waals surface area (Å²) in [6.07, 6.45) is 4.56. The molecule has 6 nitrogen and oxygen atoms in total. The number of amides is 2. The van der Waals surface area contributed by atoms with Gasteiger partial charge in [0.2, 0.25) is 5.91 Å². The van der Waals surface area contributed by atoms with E-state index >= 15 is 0 Å². The number of nitrogens with zero attached hydrogens (tertiary/aromatic N) is 3. The maximum Gasteiger partial charge on any atom is 0.253 e. The molecule has 1 unspecified atom stereocenters. The number of benzene rings is 1. The van der Waals surface area contributed by atoms with E-state index in [0.717, 1.165) is 70.5 Å². The fourth-order valence-electron chi connectivity index (χ4n) is 5.00. The van der Waals surface area contributed by atoms with Crippen LogP contribution in [0.1, 0.15) is 39.0 Å². The van der Waals surface area contributed by atoms with E-state index in [0.29, 0.717) is 12.5 Å². The van der Waals surface area contributed by atoms with Gasteiger partial charge in [-0.15, -0.1) is 0 Å². The molecule has 3 aliphatic heterocycles.